The van der Waals surface area contributed by atoms with Crippen molar-refractivity contribution in [2.75, 3.05) is 0 Å². The van der Waals surface area contributed by atoms with Crippen LogP contribution in [0.5, 0.6) is 0 Å². The molecule has 3 aromatic rings. The highest BCUT2D eigenvalue weighted by molar-refractivity contribution is 5.84. The third kappa shape index (κ3) is 4.00. The minimum Gasteiger partial charge on any atom is -0.206 e. The minimum atomic E-state index is -1.44. The van der Waals surface area contributed by atoms with Crippen LogP contribution in [0.4, 0.5) is 17.6 Å². The maximum atomic E-state index is 13.9. The lowest BCUT2D eigenvalue weighted by Gasteiger charge is -2.26. The summed E-state index contributed by atoms with van der Waals surface area (Å²) in [7, 11) is 0. The van der Waals surface area contributed by atoms with Crippen LogP contribution in [-0.4, -0.2) is 0 Å². The summed E-state index contributed by atoms with van der Waals surface area (Å²) in [6, 6.07) is 11.2. The zero-order valence-electron chi connectivity index (χ0n) is 16.0. The second kappa shape index (κ2) is 7.91. The van der Waals surface area contributed by atoms with Gasteiger partial charge >= 0.3 is 0 Å². The monoisotopic (exact) mass is 396 g/mol. The number of fused-ring (bicyclic) bond motifs is 1. The molecule has 0 unspecified atom stereocenters. The molecule has 0 bridgehead atoms. The van der Waals surface area contributed by atoms with E-state index >= 15 is 0 Å². The van der Waals surface area contributed by atoms with E-state index in [0.717, 1.165) is 42.9 Å². The molecule has 0 aromatic heterocycles. The Labute approximate surface area is 167 Å². The maximum Gasteiger partial charge on any atom is 0.195 e. The molecule has 1 aliphatic carbocycles. The third-order valence-corrected chi connectivity index (χ3v) is 5.73. The van der Waals surface area contributed by atoms with E-state index in [1.165, 1.54) is 12.1 Å². The first-order valence-electron chi connectivity index (χ1n) is 9.77. The van der Waals surface area contributed by atoms with Gasteiger partial charge in [0.1, 0.15) is 5.82 Å². The fourth-order valence-electron chi connectivity index (χ4n) is 4.05. The molecule has 0 atom stereocenters. The Kier molecular flexibility index (Phi) is 5.32. The normalized spacial score (nSPS) is 19.1. The molecule has 1 fully saturated rings. The molecule has 3 aromatic carbocycles. The van der Waals surface area contributed by atoms with Crippen molar-refractivity contribution in [1.82, 2.24) is 0 Å². The molecule has 0 heterocycles. The predicted molar refractivity (Wildman–Crippen MR) is 107 cm³/mol. The van der Waals surface area contributed by atoms with Gasteiger partial charge in [0.15, 0.2) is 17.5 Å². The number of hydrogen-bond acceptors (Lipinski definition) is 0. The summed E-state index contributed by atoms with van der Waals surface area (Å²) in [6.07, 6.45) is 3.56. The summed E-state index contributed by atoms with van der Waals surface area (Å²) in [6.45, 7) is 1.84. The molecule has 1 aliphatic rings. The first-order chi connectivity index (χ1) is 13.9. The van der Waals surface area contributed by atoms with Gasteiger partial charge in [-0.15, -0.1) is 0 Å². The van der Waals surface area contributed by atoms with Gasteiger partial charge in [-0.2, -0.15) is 0 Å². The average molecular weight is 396 g/mol. The van der Waals surface area contributed by atoms with E-state index in [9.17, 15) is 17.6 Å². The van der Waals surface area contributed by atoms with Gasteiger partial charge in [0.2, 0.25) is 0 Å². The molecule has 0 nitrogen and oxygen atoms in total. The van der Waals surface area contributed by atoms with Crippen LogP contribution in [0, 0.1) is 48.0 Å². The number of benzene rings is 3. The second-order valence-electron chi connectivity index (χ2n) is 7.77. The van der Waals surface area contributed by atoms with Crippen molar-refractivity contribution < 1.29 is 17.6 Å². The van der Waals surface area contributed by atoms with Crippen LogP contribution in [0.3, 0.4) is 0 Å². The van der Waals surface area contributed by atoms with Crippen LogP contribution in [0.1, 0.15) is 48.3 Å². The van der Waals surface area contributed by atoms with E-state index in [1.807, 2.05) is 13.0 Å². The van der Waals surface area contributed by atoms with Crippen LogP contribution in [0.25, 0.3) is 10.8 Å². The Morgan fingerprint density at radius 3 is 2.28 bits per heavy atom. The molecular formula is C25H20F4. The fraction of sp³-hybridized carbons (Fsp3) is 0.280. The zero-order chi connectivity index (χ0) is 20.5. The first kappa shape index (κ1) is 19.5. The van der Waals surface area contributed by atoms with Crippen LogP contribution in [0.15, 0.2) is 42.5 Å². The lowest BCUT2D eigenvalue weighted by molar-refractivity contribution is 0.385. The third-order valence-electron chi connectivity index (χ3n) is 5.73. The molecule has 4 heteroatoms. The summed E-state index contributed by atoms with van der Waals surface area (Å²) < 4.78 is 54.8. The van der Waals surface area contributed by atoms with E-state index in [-0.39, 0.29) is 23.0 Å². The van der Waals surface area contributed by atoms with Crippen LogP contribution >= 0.6 is 0 Å². The quantitative estimate of drug-likeness (QED) is 0.235. The minimum absolute atomic E-state index is 0.0901. The summed E-state index contributed by atoms with van der Waals surface area (Å²) in [5.41, 5.74) is 2.29. The van der Waals surface area contributed by atoms with E-state index in [0.29, 0.717) is 10.9 Å². The smallest absolute Gasteiger partial charge is 0.195 e. The van der Waals surface area contributed by atoms with Crippen molar-refractivity contribution >= 4 is 10.8 Å². The second-order valence-corrected chi connectivity index (χ2v) is 7.77. The Morgan fingerprint density at radius 2 is 1.55 bits per heavy atom. The lowest BCUT2D eigenvalue weighted by Crippen LogP contribution is -2.12. The van der Waals surface area contributed by atoms with Gasteiger partial charge in [-0.3, -0.25) is 0 Å². The van der Waals surface area contributed by atoms with Gasteiger partial charge in [0, 0.05) is 11.3 Å². The number of hydrogen-bond donors (Lipinski definition) is 0. The molecule has 148 valence electrons. The molecule has 0 saturated heterocycles. The van der Waals surface area contributed by atoms with Gasteiger partial charge in [0.25, 0.3) is 0 Å². The Balaban J connectivity index is 1.47. The maximum absolute atomic E-state index is 13.9. The SMILES string of the molecule is Cc1ccc(C#CC2CCC(c3ccc4c(F)c(F)c(F)cc4c3)CC2)c(F)c1. The average Bonchev–Trinajstić information content (AvgIpc) is 2.71. The highest BCUT2D eigenvalue weighted by Crippen LogP contribution is 2.37. The standard InChI is InChI=1S/C25H20F4/c1-15-2-6-18(22(26)12-15)9-5-16-3-7-17(8-4-16)19-10-11-21-20(13-19)14-23(27)25(29)24(21)28/h2,6,10-14,16-17H,3-4,7-8H2,1H3. The van der Waals surface area contributed by atoms with Gasteiger partial charge in [-0.25, -0.2) is 17.6 Å². The Hall–Kier alpha value is -2.80. The molecule has 0 amide bonds. The van der Waals surface area contributed by atoms with Crippen LogP contribution in [-0.2, 0) is 0 Å². The highest BCUT2D eigenvalue weighted by atomic mass is 19.2. The topological polar surface area (TPSA) is 0 Å². The Morgan fingerprint density at radius 1 is 0.793 bits per heavy atom. The molecule has 4 rings (SSSR count). The summed E-state index contributed by atoms with van der Waals surface area (Å²) in [5, 5.41) is 0.461. The lowest BCUT2D eigenvalue weighted by atomic mass is 9.78. The number of rotatable bonds is 1. The predicted octanol–water partition coefficient (Wildman–Crippen LogP) is 7.03. The van der Waals surface area contributed by atoms with Gasteiger partial charge < -0.3 is 0 Å². The van der Waals surface area contributed by atoms with E-state index in [4.69, 9.17) is 0 Å². The molecule has 0 N–H and O–H groups in total. The molecular weight excluding hydrogens is 376 g/mol. The van der Waals surface area contributed by atoms with Crippen molar-refractivity contribution in [3.05, 3.63) is 82.4 Å². The zero-order valence-corrected chi connectivity index (χ0v) is 16.0. The summed E-state index contributed by atoms with van der Waals surface area (Å²) in [4.78, 5) is 0. The van der Waals surface area contributed by atoms with Crippen molar-refractivity contribution in [3.63, 3.8) is 0 Å². The van der Waals surface area contributed by atoms with Crippen molar-refractivity contribution in [1.29, 1.82) is 0 Å². The van der Waals surface area contributed by atoms with Crippen molar-refractivity contribution in [2.45, 2.75) is 38.5 Å². The van der Waals surface area contributed by atoms with Crippen LogP contribution < -0.4 is 0 Å². The molecule has 0 spiro atoms. The van der Waals surface area contributed by atoms with Gasteiger partial charge in [0.05, 0.1) is 5.56 Å². The Bertz CT molecular complexity index is 1130. The van der Waals surface area contributed by atoms with E-state index < -0.39 is 17.5 Å². The summed E-state index contributed by atoms with van der Waals surface area (Å²) >= 11 is 0. The fourth-order valence-corrected chi connectivity index (χ4v) is 4.05. The van der Waals surface area contributed by atoms with Crippen LogP contribution in [0.2, 0.25) is 0 Å². The molecule has 0 radical (unpaired) electrons. The van der Waals surface area contributed by atoms with E-state index in [1.54, 1.807) is 18.2 Å². The molecule has 1 saturated carbocycles. The molecule has 29 heavy (non-hydrogen) atoms. The highest BCUT2D eigenvalue weighted by Gasteiger charge is 2.22. The largest absolute Gasteiger partial charge is 0.206 e. The first-order valence-corrected chi connectivity index (χ1v) is 9.77. The summed E-state index contributed by atoms with van der Waals surface area (Å²) in [5.74, 6) is 2.58. The van der Waals surface area contributed by atoms with Crippen molar-refractivity contribution in [3.8, 4) is 11.8 Å². The number of aryl methyl sites for hydroxylation is 1. The van der Waals surface area contributed by atoms with E-state index in [2.05, 4.69) is 11.8 Å². The van der Waals surface area contributed by atoms with Crippen molar-refractivity contribution in [2.24, 2.45) is 5.92 Å². The van der Waals surface area contributed by atoms with Gasteiger partial charge in [-0.05, 0) is 73.2 Å². The van der Waals surface area contributed by atoms with Gasteiger partial charge in [-0.1, -0.05) is 36.1 Å². The number of halogens is 4. The molecule has 0 aliphatic heterocycles.